The molecule has 3 atom stereocenters. The number of amides is 1. The monoisotopic (exact) mass is 350 g/mol. The zero-order valence-electron chi connectivity index (χ0n) is 13.7. The molecular weight excluding hydrogens is 328 g/mol. The summed E-state index contributed by atoms with van der Waals surface area (Å²) < 4.78 is 0. The summed E-state index contributed by atoms with van der Waals surface area (Å²) in [5, 5.41) is 14.3. The molecule has 0 aromatic heterocycles. The quantitative estimate of drug-likeness (QED) is 0.440. The van der Waals surface area contributed by atoms with E-state index in [4.69, 9.17) is 12.2 Å². The first-order chi connectivity index (χ1) is 11.4. The second-order valence-electron chi connectivity index (χ2n) is 6.23. The molecule has 1 amide bonds. The van der Waals surface area contributed by atoms with E-state index >= 15 is 0 Å². The van der Waals surface area contributed by atoms with Gasteiger partial charge in [0, 0.05) is 23.7 Å². The van der Waals surface area contributed by atoms with E-state index in [1.807, 2.05) is 0 Å². The molecule has 0 bridgehead atoms. The van der Waals surface area contributed by atoms with Gasteiger partial charge >= 0.3 is 0 Å². The fourth-order valence-electron chi connectivity index (χ4n) is 2.94. The zero-order chi connectivity index (χ0) is 17.7. The van der Waals surface area contributed by atoms with Gasteiger partial charge in [0.2, 0.25) is 0 Å². The molecule has 1 aromatic carbocycles. The maximum atomic E-state index is 12.0. The van der Waals surface area contributed by atoms with Crippen LogP contribution in [0.1, 0.15) is 43.5 Å². The van der Waals surface area contributed by atoms with Crippen molar-refractivity contribution < 1.29 is 9.72 Å². The van der Waals surface area contributed by atoms with Crippen molar-refractivity contribution in [3.8, 4) is 0 Å². The van der Waals surface area contributed by atoms with Crippen LogP contribution in [-0.2, 0) is 0 Å². The van der Waals surface area contributed by atoms with E-state index < -0.39 is 10.8 Å². The fraction of sp³-hybridized carbons (Fsp3) is 0.500. The van der Waals surface area contributed by atoms with Gasteiger partial charge in [0.25, 0.3) is 11.6 Å². The number of nitro benzene ring substituents is 1. The van der Waals surface area contributed by atoms with Gasteiger partial charge in [0.05, 0.1) is 4.92 Å². The predicted octanol–water partition coefficient (Wildman–Crippen LogP) is 2.53. The number of hydrogen-bond donors (Lipinski definition) is 3. The van der Waals surface area contributed by atoms with Crippen LogP contribution in [0.4, 0.5) is 5.69 Å². The van der Waals surface area contributed by atoms with Gasteiger partial charge in [-0.2, -0.15) is 0 Å². The number of thiocarbonyl (C=S) groups is 1. The minimum absolute atomic E-state index is 0.131. The van der Waals surface area contributed by atoms with Crippen molar-refractivity contribution >= 4 is 28.9 Å². The number of nitro groups is 1. The van der Waals surface area contributed by atoms with Crippen LogP contribution in [-0.4, -0.2) is 22.0 Å². The van der Waals surface area contributed by atoms with E-state index in [0.717, 1.165) is 12.8 Å². The maximum absolute atomic E-state index is 12.0. The Kier molecular flexibility index (Phi) is 6.08. The Hall–Kier alpha value is -2.22. The molecule has 0 unspecified atom stereocenters. The standard InChI is InChI=1S/C16H22N4O3S/c1-10-5-3-8-14(11(10)2)17-16(24)19-18-15(21)12-6-4-7-13(9-12)20(22)23/h4,6-7,9-11,14H,3,5,8H2,1-2H3,(H,18,21)(H2,17,19,24)/t10-,11-,14-/m1/s1. The van der Waals surface area contributed by atoms with E-state index in [0.29, 0.717) is 16.9 Å². The van der Waals surface area contributed by atoms with Crippen molar-refractivity contribution in [3.63, 3.8) is 0 Å². The van der Waals surface area contributed by atoms with Gasteiger partial charge in [-0.15, -0.1) is 0 Å². The minimum atomic E-state index is -0.540. The highest BCUT2D eigenvalue weighted by molar-refractivity contribution is 7.80. The lowest BCUT2D eigenvalue weighted by atomic mass is 9.78. The number of benzene rings is 1. The van der Waals surface area contributed by atoms with Crippen LogP contribution in [0.3, 0.4) is 0 Å². The van der Waals surface area contributed by atoms with Gasteiger partial charge in [0.15, 0.2) is 5.11 Å². The van der Waals surface area contributed by atoms with E-state index in [1.165, 1.54) is 30.7 Å². The average Bonchev–Trinajstić information content (AvgIpc) is 2.57. The lowest BCUT2D eigenvalue weighted by Gasteiger charge is -2.35. The Morgan fingerprint density at radius 3 is 2.75 bits per heavy atom. The van der Waals surface area contributed by atoms with Crippen LogP contribution < -0.4 is 16.2 Å². The van der Waals surface area contributed by atoms with Crippen molar-refractivity contribution in [2.75, 3.05) is 0 Å². The van der Waals surface area contributed by atoms with Gasteiger partial charge in [0.1, 0.15) is 0 Å². The van der Waals surface area contributed by atoms with Gasteiger partial charge in [-0.05, 0) is 36.5 Å². The van der Waals surface area contributed by atoms with Crippen LogP contribution in [0.2, 0.25) is 0 Å². The summed E-state index contributed by atoms with van der Waals surface area (Å²) >= 11 is 5.22. The normalized spacial score (nSPS) is 23.2. The molecule has 0 saturated heterocycles. The molecule has 1 aliphatic carbocycles. The molecule has 0 aliphatic heterocycles. The highest BCUT2D eigenvalue weighted by atomic mass is 32.1. The second kappa shape index (κ2) is 8.05. The third-order valence-electron chi connectivity index (χ3n) is 4.63. The number of carbonyl (C=O) groups is 1. The third-order valence-corrected chi connectivity index (χ3v) is 4.85. The largest absolute Gasteiger partial charge is 0.358 e. The number of non-ortho nitro benzene ring substituents is 1. The first-order valence-corrected chi connectivity index (χ1v) is 8.40. The lowest BCUT2D eigenvalue weighted by molar-refractivity contribution is -0.384. The van der Waals surface area contributed by atoms with Crippen LogP contribution >= 0.6 is 12.2 Å². The lowest BCUT2D eigenvalue weighted by Crippen LogP contribution is -2.52. The van der Waals surface area contributed by atoms with Crippen LogP contribution in [0, 0.1) is 22.0 Å². The van der Waals surface area contributed by atoms with E-state index in [1.54, 1.807) is 0 Å². The summed E-state index contributed by atoms with van der Waals surface area (Å²) in [5.41, 5.74) is 5.19. The summed E-state index contributed by atoms with van der Waals surface area (Å²) in [7, 11) is 0. The summed E-state index contributed by atoms with van der Waals surface area (Å²) in [4.78, 5) is 22.3. The van der Waals surface area contributed by atoms with E-state index in [2.05, 4.69) is 30.0 Å². The Bertz CT molecular complexity index is 638. The first kappa shape index (κ1) is 18.1. The number of hydrazine groups is 1. The molecule has 1 aromatic rings. The fourth-order valence-corrected chi connectivity index (χ4v) is 3.14. The Labute approximate surface area is 146 Å². The van der Waals surface area contributed by atoms with Crippen LogP contribution in [0.25, 0.3) is 0 Å². The smallest absolute Gasteiger partial charge is 0.270 e. The summed E-state index contributed by atoms with van der Waals surface area (Å²) in [6.45, 7) is 4.44. The highest BCUT2D eigenvalue weighted by Crippen LogP contribution is 2.29. The molecule has 1 aliphatic rings. The summed E-state index contributed by atoms with van der Waals surface area (Å²) in [6.07, 6.45) is 3.43. The van der Waals surface area contributed by atoms with Crippen molar-refractivity contribution in [3.05, 3.63) is 39.9 Å². The van der Waals surface area contributed by atoms with Crippen molar-refractivity contribution in [2.24, 2.45) is 11.8 Å². The van der Waals surface area contributed by atoms with Crippen LogP contribution in [0.15, 0.2) is 24.3 Å². The molecule has 24 heavy (non-hydrogen) atoms. The number of nitrogens with one attached hydrogen (secondary N) is 3. The molecule has 1 fully saturated rings. The number of carbonyl (C=O) groups excluding carboxylic acids is 1. The first-order valence-electron chi connectivity index (χ1n) is 7.99. The molecule has 3 N–H and O–H groups in total. The molecule has 7 nitrogen and oxygen atoms in total. The number of hydrogen-bond acceptors (Lipinski definition) is 4. The van der Waals surface area contributed by atoms with E-state index in [-0.39, 0.29) is 17.3 Å². The van der Waals surface area contributed by atoms with Gasteiger partial charge in [-0.3, -0.25) is 25.8 Å². The zero-order valence-corrected chi connectivity index (χ0v) is 14.6. The molecule has 1 saturated carbocycles. The minimum Gasteiger partial charge on any atom is -0.358 e. The molecule has 0 heterocycles. The van der Waals surface area contributed by atoms with Gasteiger partial charge in [-0.1, -0.05) is 32.8 Å². The van der Waals surface area contributed by atoms with Crippen LogP contribution in [0.5, 0.6) is 0 Å². The summed E-state index contributed by atoms with van der Waals surface area (Å²) in [5.74, 6) is 0.664. The van der Waals surface area contributed by atoms with Crippen molar-refractivity contribution in [1.29, 1.82) is 0 Å². The Balaban J connectivity index is 1.86. The highest BCUT2D eigenvalue weighted by Gasteiger charge is 2.27. The molecular formula is C16H22N4O3S. The topological polar surface area (TPSA) is 96.3 Å². The Morgan fingerprint density at radius 2 is 2.04 bits per heavy atom. The number of rotatable bonds is 3. The maximum Gasteiger partial charge on any atom is 0.270 e. The molecule has 130 valence electrons. The predicted molar refractivity (Wildman–Crippen MR) is 95.4 cm³/mol. The second-order valence-corrected chi connectivity index (χ2v) is 6.64. The number of nitrogens with zero attached hydrogens (tertiary/aromatic N) is 1. The molecule has 2 rings (SSSR count). The van der Waals surface area contributed by atoms with Crippen molar-refractivity contribution in [2.45, 2.75) is 39.2 Å². The average molecular weight is 350 g/mol. The van der Waals surface area contributed by atoms with E-state index in [9.17, 15) is 14.9 Å². The third kappa shape index (κ3) is 4.64. The summed E-state index contributed by atoms with van der Waals surface area (Å²) in [6, 6.07) is 5.81. The Morgan fingerprint density at radius 1 is 1.29 bits per heavy atom. The van der Waals surface area contributed by atoms with Crippen molar-refractivity contribution in [1.82, 2.24) is 16.2 Å². The van der Waals surface area contributed by atoms with Gasteiger partial charge < -0.3 is 5.32 Å². The van der Waals surface area contributed by atoms with Gasteiger partial charge in [-0.25, -0.2) is 0 Å². The molecule has 8 heteroatoms. The molecule has 0 spiro atoms. The SMILES string of the molecule is C[C@@H]1[C@H](C)CCC[C@H]1NC(=S)NNC(=O)c1cccc([N+](=O)[O-])c1. The molecule has 0 radical (unpaired) electrons.